The third-order valence-electron chi connectivity index (χ3n) is 6.10. The molecule has 4 aliphatic carbocycles. The molecule has 6 heteroatoms. The smallest absolute Gasteiger partial charge is 0.258 e. The normalized spacial score (nSPS) is 36.1. The molecule has 0 amide bonds. The van der Waals surface area contributed by atoms with Gasteiger partial charge in [-0.05, 0) is 62.3 Å². The number of nitro benzene ring substituents is 1. The van der Waals surface area contributed by atoms with E-state index in [9.17, 15) is 10.1 Å². The second-order valence-corrected chi connectivity index (χ2v) is 7.57. The lowest BCUT2D eigenvalue weighted by Crippen LogP contribution is -2.52. The van der Waals surface area contributed by atoms with Crippen LogP contribution in [0.3, 0.4) is 0 Å². The van der Waals surface area contributed by atoms with Crippen molar-refractivity contribution in [2.24, 2.45) is 17.8 Å². The van der Waals surface area contributed by atoms with Gasteiger partial charge in [-0.15, -0.1) is 5.10 Å². The van der Waals surface area contributed by atoms with Crippen LogP contribution in [0.2, 0.25) is 0 Å². The van der Waals surface area contributed by atoms with Gasteiger partial charge in [-0.1, -0.05) is 5.21 Å². The number of aromatic nitrogens is 3. The van der Waals surface area contributed by atoms with Crippen LogP contribution >= 0.6 is 0 Å². The van der Waals surface area contributed by atoms with Crippen molar-refractivity contribution >= 4 is 16.7 Å². The van der Waals surface area contributed by atoms with Crippen molar-refractivity contribution in [3.05, 3.63) is 28.3 Å². The van der Waals surface area contributed by atoms with Crippen LogP contribution in [0.4, 0.5) is 5.69 Å². The van der Waals surface area contributed by atoms with Crippen molar-refractivity contribution in [2.75, 3.05) is 0 Å². The number of benzene rings is 1. The van der Waals surface area contributed by atoms with Gasteiger partial charge in [-0.3, -0.25) is 10.1 Å². The lowest BCUT2D eigenvalue weighted by molar-refractivity contribution is -0.384. The molecule has 0 atom stereocenters. The Morgan fingerprint density at radius 2 is 1.77 bits per heavy atom. The number of rotatable bonds is 2. The van der Waals surface area contributed by atoms with Crippen molar-refractivity contribution in [1.82, 2.24) is 15.0 Å². The molecule has 6 nitrogen and oxygen atoms in total. The van der Waals surface area contributed by atoms with E-state index in [1.54, 1.807) is 12.1 Å². The maximum absolute atomic E-state index is 10.9. The highest BCUT2D eigenvalue weighted by Crippen LogP contribution is 2.59. The number of hydrogen-bond donors (Lipinski definition) is 0. The molecule has 4 saturated carbocycles. The molecule has 0 spiro atoms. The highest BCUT2D eigenvalue weighted by Gasteiger charge is 2.52. The Kier molecular flexibility index (Phi) is 2.31. The SMILES string of the molecule is O=[N+]([O-])c1ccc2c(c1)nnn2C12CC3CC(CC(C3)C1)C2. The standard InChI is InChI=1S/C16H18N4O2/c21-20(22)13-1-2-15-14(6-13)17-18-19(15)16-7-10-3-11(8-16)5-12(4-10)9-16/h1-2,6,10-12H,3-5,7-9H2. The van der Waals surface area contributed by atoms with Crippen LogP contribution in [0.15, 0.2) is 18.2 Å². The van der Waals surface area contributed by atoms with E-state index in [1.165, 1.54) is 38.5 Å². The quantitative estimate of drug-likeness (QED) is 0.630. The van der Waals surface area contributed by atoms with Gasteiger partial charge in [0, 0.05) is 12.1 Å². The van der Waals surface area contributed by atoms with E-state index in [1.807, 2.05) is 6.07 Å². The minimum Gasteiger partial charge on any atom is -0.258 e. The van der Waals surface area contributed by atoms with Gasteiger partial charge in [0.2, 0.25) is 0 Å². The average molecular weight is 298 g/mol. The van der Waals surface area contributed by atoms with E-state index in [-0.39, 0.29) is 16.1 Å². The van der Waals surface area contributed by atoms with Gasteiger partial charge in [-0.25, -0.2) is 4.68 Å². The molecule has 4 fully saturated rings. The van der Waals surface area contributed by atoms with Gasteiger partial charge in [-0.2, -0.15) is 0 Å². The second kappa shape index (κ2) is 4.06. The van der Waals surface area contributed by atoms with Crippen molar-refractivity contribution < 1.29 is 4.92 Å². The minimum absolute atomic E-state index is 0.0880. The second-order valence-electron chi connectivity index (χ2n) is 7.57. The van der Waals surface area contributed by atoms with E-state index in [2.05, 4.69) is 15.0 Å². The van der Waals surface area contributed by atoms with Crippen LogP contribution in [-0.2, 0) is 5.54 Å². The van der Waals surface area contributed by atoms with Gasteiger partial charge in [0.1, 0.15) is 5.52 Å². The first-order valence-electron chi connectivity index (χ1n) is 8.13. The molecule has 4 aliphatic rings. The average Bonchev–Trinajstić information content (AvgIpc) is 2.89. The van der Waals surface area contributed by atoms with Crippen LogP contribution in [0, 0.1) is 27.9 Å². The van der Waals surface area contributed by atoms with Crippen molar-refractivity contribution in [1.29, 1.82) is 0 Å². The van der Waals surface area contributed by atoms with Crippen LogP contribution in [-0.4, -0.2) is 19.9 Å². The lowest BCUT2D eigenvalue weighted by Gasteiger charge is -2.56. The topological polar surface area (TPSA) is 73.8 Å². The van der Waals surface area contributed by atoms with Crippen molar-refractivity contribution in [3.8, 4) is 0 Å². The Balaban J connectivity index is 1.63. The largest absolute Gasteiger partial charge is 0.271 e. The maximum atomic E-state index is 10.9. The van der Waals surface area contributed by atoms with E-state index >= 15 is 0 Å². The van der Waals surface area contributed by atoms with Crippen LogP contribution in [0.1, 0.15) is 38.5 Å². The molecule has 0 saturated heterocycles. The van der Waals surface area contributed by atoms with Crippen LogP contribution in [0.5, 0.6) is 0 Å². The molecule has 22 heavy (non-hydrogen) atoms. The zero-order chi connectivity index (χ0) is 14.9. The highest BCUT2D eigenvalue weighted by molar-refractivity contribution is 5.77. The van der Waals surface area contributed by atoms with Gasteiger partial charge in [0.15, 0.2) is 0 Å². The zero-order valence-corrected chi connectivity index (χ0v) is 12.3. The first-order chi connectivity index (χ1) is 10.6. The molecule has 0 aliphatic heterocycles. The molecule has 0 N–H and O–H groups in total. The molecule has 1 aromatic heterocycles. The summed E-state index contributed by atoms with van der Waals surface area (Å²) in [4.78, 5) is 10.6. The number of nitrogens with zero attached hydrogens (tertiary/aromatic N) is 4. The predicted octanol–water partition coefficient (Wildman–Crippen LogP) is 3.26. The van der Waals surface area contributed by atoms with Crippen molar-refractivity contribution in [2.45, 2.75) is 44.1 Å². The van der Waals surface area contributed by atoms with E-state index in [0.29, 0.717) is 5.52 Å². The van der Waals surface area contributed by atoms with Gasteiger partial charge in [0.25, 0.3) is 5.69 Å². The Labute approximate surface area is 127 Å². The molecule has 1 heterocycles. The summed E-state index contributed by atoms with van der Waals surface area (Å²) in [6.45, 7) is 0. The Morgan fingerprint density at radius 3 is 2.36 bits per heavy atom. The molecule has 6 rings (SSSR count). The van der Waals surface area contributed by atoms with E-state index < -0.39 is 0 Å². The summed E-state index contributed by atoms with van der Waals surface area (Å²) < 4.78 is 2.11. The van der Waals surface area contributed by atoms with Gasteiger partial charge >= 0.3 is 0 Å². The predicted molar refractivity (Wildman–Crippen MR) is 80.3 cm³/mol. The Bertz CT molecular complexity index is 746. The number of nitro groups is 1. The summed E-state index contributed by atoms with van der Waals surface area (Å²) in [7, 11) is 0. The van der Waals surface area contributed by atoms with E-state index in [0.717, 1.165) is 23.3 Å². The lowest BCUT2D eigenvalue weighted by atomic mass is 9.53. The number of fused-ring (bicyclic) bond motifs is 1. The Hall–Kier alpha value is -1.98. The maximum Gasteiger partial charge on any atom is 0.271 e. The van der Waals surface area contributed by atoms with E-state index in [4.69, 9.17) is 0 Å². The summed E-state index contributed by atoms with van der Waals surface area (Å²) >= 11 is 0. The summed E-state index contributed by atoms with van der Waals surface area (Å²) in [6.07, 6.45) is 7.77. The summed E-state index contributed by atoms with van der Waals surface area (Å²) in [6, 6.07) is 4.94. The number of hydrogen-bond acceptors (Lipinski definition) is 4. The fourth-order valence-corrected chi connectivity index (χ4v) is 5.70. The molecule has 0 radical (unpaired) electrons. The van der Waals surface area contributed by atoms with Gasteiger partial charge < -0.3 is 0 Å². The molecule has 0 unspecified atom stereocenters. The summed E-state index contributed by atoms with van der Waals surface area (Å²) in [5.74, 6) is 2.51. The minimum atomic E-state index is -0.372. The fraction of sp³-hybridized carbons (Fsp3) is 0.625. The van der Waals surface area contributed by atoms with Gasteiger partial charge in [0.05, 0.1) is 16.0 Å². The third-order valence-corrected chi connectivity index (χ3v) is 6.10. The van der Waals surface area contributed by atoms with Crippen LogP contribution in [0.25, 0.3) is 11.0 Å². The fourth-order valence-electron chi connectivity index (χ4n) is 5.70. The monoisotopic (exact) mass is 298 g/mol. The molecular formula is C16H18N4O2. The Morgan fingerprint density at radius 1 is 1.14 bits per heavy atom. The molecule has 1 aromatic carbocycles. The first kappa shape index (κ1) is 12.6. The summed E-state index contributed by atoms with van der Waals surface area (Å²) in [5, 5.41) is 19.6. The highest BCUT2D eigenvalue weighted by atomic mass is 16.6. The zero-order valence-electron chi connectivity index (χ0n) is 12.3. The molecule has 4 bridgehead atoms. The molecule has 2 aromatic rings. The first-order valence-corrected chi connectivity index (χ1v) is 8.13. The summed E-state index contributed by atoms with van der Waals surface area (Å²) in [5.41, 5.74) is 1.79. The molecule has 114 valence electrons. The van der Waals surface area contributed by atoms with Crippen molar-refractivity contribution in [3.63, 3.8) is 0 Å². The van der Waals surface area contributed by atoms with Crippen LogP contribution < -0.4 is 0 Å². The number of non-ortho nitro benzene ring substituents is 1. The molecular weight excluding hydrogens is 280 g/mol. The third kappa shape index (κ3) is 1.61.